The maximum atomic E-state index is 12.4. The fourth-order valence-electron chi connectivity index (χ4n) is 2.96. The number of amides is 2. The van der Waals surface area contributed by atoms with Crippen molar-refractivity contribution in [3.05, 3.63) is 29.3 Å². The second-order valence-electron chi connectivity index (χ2n) is 5.52. The molecule has 0 aliphatic carbocycles. The quantitative estimate of drug-likeness (QED) is 0.764. The summed E-state index contributed by atoms with van der Waals surface area (Å²) >= 11 is 0. The number of piperidine rings is 1. The van der Waals surface area contributed by atoms with Gasteiger partial charge in [-0.15, -0.1) is 0 Å². The van der Waals surface area contributed by atoms with Crippen molar-refractivity contribution in [2.75, 3.05) is 24.5 Å². The molecule has 6 heteroatoms. The van der Waals surface area contributed by atoms with Crippen LogP contribution in [0.1, 0.15) is 28.8 Å². The predicted octanol–water partition coefficient (Wildman–Crippen LogP) is 1.21. The van der Waals surface area contributed by atoms with Crippen LogP contribution in [0.3, 0.4) is 0 Å². The van der Waals surface area contributed by atoms with Gasteiger partial charge < -0.3 is 15.7 Å². The summed E-state index contributed by atoms with van der Waals surface area (Å²) in [4.78, 5) is 25.1. The van der Waals surface area contributed by atoms with Gasteiger partial charge in [0.05, 0.1) is 5.56 Å². The zero-order chi connectivity index (χ0) is 14.8. The van der Waals surface area contributed by atoms with Crippen molar-refractivity contribution in [3.8, 4) is 0 Å². The first-order chi connectivity index (χ1) is 10.1. The summed E-state index contributed by atoms with van der Waals surface area (Å²) in [5, 5.41) is 15.3. The molecular formula is C15H19N3O3. The molecule has 1 fully saturated rings. The largest absolute Gasteiger partial charge is 0.478 e. The first-order valence-corrected chi connectivity index (χ1v) is 7.30. The number of carboxylic acids is 1. The van der Waals surface area contributed by atoms with E-state index in [4.69, 9.17) is 5.11 Å². The van der Waals surface area contributed by atoms with Crippen LogP contribution in [0.5, 0.6) is 0 Å². The third-order valence-corrected chi connectivity index (χ3v) is 4.13. The molecule has 21 heavy (non-hydrogen) atoms. The molecule has 0 aromatic heterocycles. The van der Waals surface area contributed by atoms with Crippen LogP contribution >= 0.6 is 0 Å². The number of hydrogen-bond acceptors (Lipinski definition) is 3. The molecule has 0 radical (unpaired) electrons. The van der Waals surface area contributed by atoms with E-state index in [1.807, 2.05) is 0 Å². The van der Waals surface area contributed by atoms with Gasteiger partial charge in [0.1, 0.15) is 0 Å². The average Bonchev–Trinajstić information content (AvgIpc) is 2.91. The number of fused-ring (bicyclic) bond motifs is 1. The molecule has 0 bridgehead atoms. The van der Waals surface area contributed by atoms with E-state index >= 15 is 0 Å². The van der Waals surface area contributed by atoms with Crippen LogP contribution in [-0.2, 0) is 6.42 Å². The van der Waals surface area contributed by atoms with Crippen LogP contribution in [0.4, 0.5) is 10.5 Å². The summed E-state index contributed by atoms with van der Waals surface area (Å²) < 4.78 is 0. The molecule has 2 aliphatic rings. The Morgan fingerprint density at radius 1 is 1.29 bits per heavy atom. The van der Waals surface area contributed by atoms with E-state index < -0.39 is 5.97 Å². The van der Waals surface area contributed by atoms with Gasteiger partial charge in [0.2, 0.25) is 0 Å². The minimum Gasteiger partial charge on any atom is -0.478 e. The van der Waals surface area contributed by atoms with Gasteiger partial charge >= 0.3 is 12.0 Å². The molecule has 2 amide bonds. The van der Waals surface area contributed by atoms with Crippen LogP contribution in [0, 0.1) is 0 Å². The summed E-state index contributed by atoms with van der Waals surface area (Å²) in [6.07, 6.45) is 2.60. The smallest absolute Gasteiger partial charge is 0.335 e. The third-order valence-electron chi connectivity index (χ3n) is 4.13. The van der Waals surface area contributed by atoms with Gasteiger partial charge in [0, 0.05) is 18.3 Å². The first-order valence-electron chi connectivity index (χ1n) is 7.30. The Morgan fingerprint density at radius 2 is 2.05 bits per heavy atom. The number of rotatable bonds is 2. The van der Waals surface area contributed by atoms with Crippen molar-refractivity contribution in [2.45, 2.75) is 25.3 Å². The number of hydrogen-bond donors (Lipinski definition) is 3. The Kier molecular flexibility index (Phi) is 3.79. The molecule has 2 heterocycles. The van der Waals surface area contributed by atoms with Crippen LogP contribution in [0.15, 0.2) is 18.2 Å². The highest BCUT2D eigenvalue weighted by atomic mass is 16.4. The number of carbonyl (C=O) groups excluding carboxylic acids is 1. The highest BCUT2D eigenvalue weighted by Gasteiger charge is 2.27. The fraction of sp³-hybridized carbons (Fsp3) is 0.467. The van der Waals surface area contributed by atoms with Gasteiger partial charge in [-0.2, -0.15) is 0 Å². The molecule has 3 rings (SSSR count). The fourth-order valence-corrected chi connectivity index (χ4v) is 2.96. The summed E-state index contributed by atoms with van der Waals surface area (Å²) in [5.41, 5.74) is 2.02. The van der Waals surface area contributed by atoms with Gasteiger partial charge in [0.15, 0.2) is 0 Å². The van der Waals surface area contributed by atoms with E-state index in [0.29, 0.717) is 13.0 Å². The first kappa shape index (κ1) is 13.9. The van der Waals surface area contributed by atoms with Gasteiger partial charge in [-0.05, 0) is 56.1 Å². The number of nitrogens with one attached hydrogen (secondary N) is 2. The predicted molar refractivity (Wildman–Crippen MR) is 78.9 cm³/mol. The van der Waals surface area contributed by atoms with Crippen molar-refractivity contribution < 1.29 is 14.7 Å². The van der Waals surface area contributed by atoms with Gasteiger partial charge in [0.25, 0.3) is 0 Å². The van der Waals surface area contributed by atoms with E-state index in [1.54, 1.807) is 23.1 Å². The lowest BCUT2D eigenvalue weighted by Gasteiger charge is -2.26. The van der Waals surface area contributed by atoms with Crippen molar-refractivity contribution in [1.82, 2.24) is 10.6 Å². The van der Waals surface area contributed by atoms with E-state index in [2.05, 4.69) is 10.6 Å². The molecule has 0 spiro atoms. The number of benzene rings is 1. The normalized spacial score (nSPS) is 18.4. The highest BCUT2D eigenvalue weighted by molar-refractivity contribution is 5.96. The molecule has 6 nitrogen and oxygen atoms in total. The Balaban J connectivity index is 1.71. The minimum absolute atomic E-state index is 0.0799. The van der Waals surface area contributed by atoms with Gasteiger partial charge in [-0.1, -0.05) is 0 Å². The summed E-state index contributed by atoms with van der Waals surface area (Å²) in [6, 6.07) is 5.09. The molecule has 0 atom stereocenters. The maximum absolute atomic E-state index is 12.4. The lowest BCUT2D eigenvalue weighted by Crippen LogP contribution is -2.48. The van der Waals surface area contributed by atoms with E-state index in [9.17, 15) is 9.59 Å². The second kappa shape index (κ2) is 5.73. The van der Waals surface area contributed by atoms with Crippen molar-refractivity contribution in [2.24, 2.45) is 0 Å². The lowest BCUT2D eigenvalue weighted by atomic mass is 10.1. The van der Waals surface area contributed by atoms with Crippen molar-refractivity contribution >= 4 is 17.7 Å². The number of carbonyl (C=O) groups is 2. The second-order valence-corrected chi connectivity index (χ2v) is 5.52. The molecule has 112 valence electrons. The SMILES string of the molecule is O=C(O)c1ccc2c(c1)CCN2C(=O)NC1CCNCC1. The number of anilines is 1. The van der Waals surface area contributed by atoms with Gasteiger partial charge in [-0.3, -0.25) is 4.90 Å². The molecule has 2 aliphatic heterocycles. The molecule has 1 aromatic carbocycles. The number of urea groups is 1. The molecule has 0 saturated carbocycles. The van der Waals surface area contributed by atoms with Crippen molar-refractivity contribution in [3.63, 3.8) is 0 Å². The molecule has 1 aromatic rings. The van der Waals surface area contributed by atoms with Crippen LogP contribution in [-0.4, -0.2) is 42.8 Å². The summed E-state index contributed by atoms with van der Waals surface area (Å²) in [5.74, 6) is -0.935. The summed E-state index contributed by atoms with van der Waals surface area (Å²) in [7, 11) is 0. The molecule has 1 saturated heterocycles. The zero-order valence-electron chi connectivity index (χ0n) is 11.8. The Labute approximate surface area is 123 Å². The molecule has 3 N–H and O–H groups in total. The van der Waals surface area contributed by atoms with Crippen LogP contribution in [0.25, 0.3) is 0 Å². The monoisotopic (exact) mass is 289 g/mol. The standard InChI is InChI=1S/C15H19N3O3/c19-14(20)11-1-2-13-10(9-11)5-8-18(13)15(21)17-12-3-6-16-7-4-12/h1-2,9,12,16H,3-8H2,(H,17,21)(H,19,20). The minimum atomic E-state index is -0.935. The van der Waals surface area contributed by atoms with Crippen LogP contribution in [0.2, 0.25) is 0 Å². The molecular weight excluding hydrogens is 270 g/mol. The molecule has 0 unspecified atom stereocenters. The lowest BCUT2D eigenvalue weighted by molar-refractivity contribution is 0.0697. The summed E-state index contributed by atoms with van der Waals surface area (Å²) in [6.45, 7) is 2.47. The number of carboxylic acid groups (broad SMARTS) is 1. The van der Waals surface area contributed by atoms with E-state index in [1.165, 1.54) is 0 Å². The van der Waals surface area contributed by atoms with E-state index in [0.717, 1.165) is 37.2 Å². The zero-order valence-corrected chi connectivity index (χ0v) is 11.8. The Bertz CT molecular complexity index is 567. The number of nitrogens with zero attached hydrogens (tertiary/aromatic N) is 1. The Hall–Kier alpha value is -2.08. The average molecular weight is 289 g/mol. The van der Waals surface area contributed by atoms with E-state index in [-0.39, 0.29) is 17.6 Å². The van der Waals surface area contributed by atoms with Gasteiger partial charge in [-0.25, -0.2) is 9.59 Å². The maximum Gasteiger partial charge on any atom is 0.335 e. The topological polar surface area (TPSA) is 81.7 Å². The van der Waals surface area contributed by atoms with Crippen LogP contribution < -0.4 is 15.5 Å². The number of aromatic carboxylic acids is 1. The third kappa shape index (κ3) is 2.85. The Morgan fingerprint density at radius 3 is 2.76 bits per heavy atom. The highest BCUT2D eigenvalue weighted by Crippen LogP contribution is 2.29. The van der Waals surface area contributed by atoms with Crippen molar-refractivity contribution in [1.29, 1.82) is 0 Å².